The standard InChI is InChI=1S/C16H13N.C9H11NO4/c1-17-12-15-8-3-2-6-13(15)10-11-14-7-4-5-9-16(14)17;1-7(3-2-6-11)14-10-8(12)4-5-9(10)13/h2-9H,12H2,1H3;6H,1-5H2. The number of amides is 2. The van der Waals surface area contributed by atoms with Crippen LogP contribution in [0.3, 0.4) is 0 Å². The van der Waals surface area contributed by atoms with E-state index in [0.717, 1.165) is 24.0 Å². The SMILES string of the molecule is C=C(CCC=O)ON1C(=O)CCC1=O.CN1Cc2ccccc2C#Cc2ccccc21. The van der Waals surface area contributed by atoms with Gasteiger partial charge in [-0.25, -0.2) is 0 Å². The molecule has 0 unspecified atom stereocenters. The van der Waals surface area contributed by atoms with E-state index in [2.05, 4.69) is 66.8 Å². The Morgan fingerprint density at radius 1 is 1.03 bits per heavy atom. The molecule has 1 fully saturated rings. The molecule has 0 atom stereocenters. The van der Waals surface area contributed by atoms with Crippen LogP contribution < -0.4 is 4.90 Å². The second-order valence-electron chi connectivity index (χ2n) is 7.20. The fourth-order valence-corrected chi connectivity index (χ4v) is 3.22. The van der Waals surface area contributed by atoms with Gasteiger partial charge in [0, 0.05) is 50.4 Å². The summed E-state index contributed by atoms with van der Waals surface area (Å²) in [5.41, 5.74) is 4.73. The third kappa shape index (κ3) is 5.61. The fourth-order valence-electron chi connectivity index (χ4n) is 3.22. The van der Waals surface area contributed by atoms with Gasteiger partial charge in [0.05, 0.1) is 5.69 Å². The Morgan fingerprint density at radius 2 is 1.65 bits per heavy atom. The van der Waals surface area contributed by atoms with Crippen LogP contribution in [-0.2, 0) is 25.8 Å². The van der Waals surface area contributed by atoms with E-state index in [9.17, 15) is 14.4 Å². The van der Waals surface area contributed by atoms with Gasteiger partial charge in [-0.05, 0) is 23.8 Å². The number of carbonyl (C=O) groups excluding carboxylic acids is 3. The Kier molecular flexibility index (Phi) is 7.23. The van der Waals surface area contributed by atoms with Crippen LogP contribution in [-0.4, -0.2) is 30.2 Å². The number of fused-ring (bicyclic) bond motifs is 2. The van der Waals surface area contributed by atoms with Crippen molar-refractivity contribution in [1.29, 1.82) is 0 Å². The van der Waals surface area contributed by atoms with E-state index in [1.165, 1.54) is 11.3 Å². The lowest BCUT2D eigenvalue weighted by molar-refractivity contribution is -0.177. The minimum Gasteiger partial charge on any atom is -0.374 e. The smallest absolute Gasteiger partial charge is 0.263 e. The van der Waals surface area contributed by atoms with Gasteiger partial charge in [0.15, 0.2) is 0 Å². The van der Waals surface area contributed by atoms with Crippen LogP contribution in [0.5, 0.6) is 0 Å². The minimum absolute atomic E-state index is 0.180. The normalized spacial score (nSPS) is 14.1. The lowest BCUT2D eigenvalue weighted by atomic mass is 10.0. The molecular formula is C25H24N2O4. The van der Waals surface area contributed by atoms with Crippen LogP contribution in [0, 0.1) is 11.8 Å². The van der Waals surface area contributed by atoms with E-state index in [-0.39, 0.29) is 36.8 Å². The molecule has 0 bridgehead atoms. The molecular weight excluding hydrogens is 392 g/mol. The first-order valence-electron chi connectivity index (χ1n) is 10.0. The number of para-hydroxylation sites is 1. The van der Waals surface area contributed by atoms with Crippen molar-refractivity contribution in [2.24, 2.45) is 0 Å². The summed E-state index contributed by atoms with van der Waals surface area (Å²) in [7, 11) is 2.11. The Balaban J connectivity index is 0.000000180. The highest BCUT2D eigenvalue weighted by Gasteiger charge is 2.31. The molecule has 0 saturated carbocycles. The molecule has 0 aromatic heterocycles. The summed E-state index contributed by atoms with van der Waals surface area (Å²) >= 11 is 0. The van der Waals surface area contributed by atoms with Gasteiger partial charge in [0.2, 0.25) is 0 Å². The van der Waals surface area contributed by atoms with Gasteiger partial charge in [-0.15, -0.1) is 5.06 Å². The zero-order valence-electron chi connectivity index (χ0n) is 17.5. The summed E-state index contributed by atoms with van der Waals surface area (Å²) in [5.74, 6) is 6.06. The van der Waals surface area contributed by atoms with Crippen LogP contribution in [0.1, 0.15) is 42.4 Å². The van der Waals surface area contributed by atoms with E-state index in [0.29, 0.717) is 11.5 Å². The van der Waals surface area contributed by atoms with Crippen molar-refractivity contribution in [2.75, 3.05) is 11.9 Å². The zero-order chi connectivity index (χ0) is 22.2. The van der Waals surface area contributed by atoms with Crippen LogP contribution in [0.2, 0.25) is 0 Å². The summed E-state index contributed by atoms with van der Waals surface area (Å²) in [6.45, 7) is 4.40. The van der Waals surface area contributed by atoms with Crippen molar-refractivity contribution < 1.29 is 19.2 Å². The quantitative estimate of drug-likeness (QED) is 0.323. The van der Waals surface area contributed by atoms with E-state index in [1.807, 2.05) is 12.1 Å². The van der Waals surface area contributed by atoms with Crippen LogP contribution in [0.4, 0.5) is 5.69 Å². The van der Waals surface area contributed by atoms with Gasteiger partial charge in [-0.1, -0.05) is 48.8 Å². The maximum absolute atomic E-state index is 11.1. The average molecular weight is 416 g/mol. The van der Waals surface area contributed by atoms with Crippen LogP contribution in [0.15, 0.2) is 60.9 Å². The number of rotatable bonds is 5. The lowest BCUT2D eigenvalue weighted by Gasteiger charge is -2.22. The van der Waals surface area contributed by atoms with Crippen LogP contribution >= 0.6 is 0 Å². The zero-order valence-corrected chi connectivity index (χ0v) is 17.5. The van der Waals surface area contributed by atoms with Crippen molar-refractivity contribution in [3.05, 3.63) is 77.6 Å². The summed E-state index contributed by atoms with van der Waals surface area (Å²) < 4.78 is 0. The third-order valence-electron chi connectivity index (χ3n) is 4.84. The maximum Gasteiger partial charge on any atom is 0.263 e. The van der Waals surface area contributed by atoms with Gasteiger partial charge in [0.1, 0.15) is 12.0 Å². The van der Waals surface area contributed by atoms with Gasteiger partial charge >= 0.3 is 0 Å². The van der Waals surface area contributed by atoms with Crippen molar-refractivity contribution in [2.45, 2.75) is 32.2 Å². The number of hydrogen-bond acceptors (Lipinski definition) is 5. The number of anilines is 1. The molecule has 2 aliphatic rings. The first-order chi connectivity index (χ1) is 15.0. The number of allylic oxidation sites excluding steroid dienone is 1. The molecule has 158 valence electrons. The molecule has 2 aliphatic heterocycles. The molecule has 4 rings (SSSR count). The van der Waals surface area contributed by atoms with Crippen molar-refractivity contribution in [3.8, 4) is 11.8 Å². The first-order valence-corrected chi connectivity index (χ1v) is 10.0. The van der Waals surface area contributed by atoms with Crippen LogP contribution in [0.25, 0.3) is 0 Å². The van der Waals surface area contributed by atoms with Gasteiger partial charge < -0.3 is 14.5 Å². The molecule has 2 heterocycles. The predicted molar refractivity (Wildman–Crippen MR) is 118 cm³/mol. The van der Waals surface area contributed by atoms with Crippen molar-refractivity contribution in [3.63, 3.8) is 0 Å². The first kappa shape index (κ1) is 21.8. The fraction of sp³-hybridized carbons (Fsp3) is 0.240. The second-order valence-corrected chi connectivity index (χ2v) is 7.20. The molecule has 2 amide bonds. The summed E-state index contributed by atoms with van der Waals surface area (Å²) in [5, 5.41) is 0.715. The van der Waals surface area contributed by atoms with Gasteiger partial charge in [-0.2, -0.15) is 0 Å². The molecule has 31 heavy (non-hydrogen) atoms. The van der Waals surface area contributed by atoms with Crippen molar-refractivity contribution in [1.82, 2.24) is 5.06 Å². The molecule has 6 nitrogen and oxygen atoms in total. The molecule has 0 N–H and O–H groups in total. The number of aldehydes is 1. The van der Waals surface area contributed by atoms with E-state index < -0.39 is 0 Å². The number of carbonyl (C=O) groups is 3. The maximum atomic E-state index is 11.1. The molecule has 6 heteroatoms. The Bertz CT molecular complexity index is 1050. The summed E-state index contributed by atoms with van der Waals surface area (Å²) in [6.07, 6.45) is 1.68. The van der Waals surface area contributed by atoms with Crippen molar-refractivity contribution >= 4 is 23.8 Å². The van der Waals surface area contributed by atoms with Gasteiger partial charge in [0.25, 0.3) is 11.8 Å². The van der Waals surface area contributed by atoms with E-state index in [1.54, 1.807) is 0 Å². The third-order valence-corrected chi connectivity index (χ3v) is 4.84. The molecule has 0 aliphatic carbocycles. The van der Waals surface area contributed by atoms with E-state index in [4.69, 9.17) is 4.84 Å². The molecule has 2 aromatic carbocycles. The second kappa shape index (κ2) is 10.3. The topological polar surface area (TPSA) is 66.9 Å². The number of hydroxylamine groups is 2. The summed E-state index contributed by atoms with van der Waals surface area (Å²) in [4.78, 5) is 39.3. The Hall–Kier alpha value is -3.85. The highest BCUT2D eigenvalue weighted by atomic mass is 16.7. The number of imide groups is 1. The predicted octanol–water partition coefficient (Wildman–Crippen LogP) is 3.60. The lowest BCUT2D eigenvalue weighted by Crippen LogP contribution is -2.28. The Labute approximate surface area is 182 Å². The molecule has 0 spiro atoms. The van der Waals surface area contributed by atoms with E-state index >= 15 is 0 Å². The minimum atomic E-state index is -0.359. The number of nitrogens with zero attached hydrogens (tertiary/aromatic N) is 2. The van der Waals surface area contributed by atoms with Gasteiger partial charge in [-0.3, -0.25) is 9.59 Å². The number of hydrogen-bond donors (Lipinski definition) is 0. The molecule has 2 aromatic rings. The number of benzene rings is 2. The highest BCUT2D eigenvalue weighted by molar-refractivity contribution is 6.00. The molecule has 0 radical (unpaired) electrons. The monoisotopic (exact) mass is 416 g/mol. The average Bonchev–Trinajstić information content (AvgIpc) is 3.08. The highest BCUT2D eigenvalue weighted by Crippen LogP contribution is 2.23. The largest absolute Gasteiger partial charge is 0.374 e. The Morgan fingerprint density at radius 3 is 2.35 bits per heavy atom. The summed E-state index contributed by atoms with van der Waals surface area (Å²) in [6, 6.07) is 16.6. The molecule has 1 saturated heterocycles.